The third-order valence-corrected chi connectivity index (χ3v) is 2.61. The number of hydrogen-bond acceptors (Lipinski definition) is 4. The normalized spacial score (nSPS) is 16.3. The van der Waals surface area contributed by atoms with E-state index >= 15 is 0 Å². The fraction of sp³-hybridized carbons (Fsp3) is 0.455. The van der Waals surface area contributed by atoms with Crippen LogP contribution in [-0.4, -0.2) is 39.6 Å². The van der Waals surface area contributed by atoms with Crippen molar-refractivity contribution in [2.24, 2.45) is 0 Å². The summed E-state index contributed by atoms with van der Waals surface area (Å²) < 4.78 is 0. The van der Waals surface area contributed by atoms with Gasteiger partial charge in [-0.3, -0.25) is 14.6 Å². The molecular formula is C11H13N3O2. The molecule has 1 aromatic rings. The second kappa shape index (κ2) is 4.38. The molecule has 1 aliphatic rings. The molecule has 0 spiro atoms. The molecule has 16 heavy (non-hydrogen) atoms. The number of ketones is 1. The molecule has 1 aromatic heterocycles. The van der Waals surface area contributed by atoms with Gasteiger partial charge in [0.05, 0.1) is 11.9 Å². The fourth-order valence-electron chi connectivity index (χ4n) is 1.62. The summed E-state index contributed by atoms with van der Waals surface area (Å²) in [6, 6.07) is 0. The van der Waals surface area contributed by atoms with Gasteiger partial charge >= 0.3 is 0 Å². The molecule has 0 aromatic carbocycles. The molecule has 0 bridgehead atoms. The summed E-state index contributed by atoms with van der Waals surface area (Å²) in [6.45, 7) is 2.81. The van der Waals surface area contributed by atoms with Crippen molar-refractivity contribution < 1.29 is 9.59 Å². The van der Waals surface area contributed by atoms with Gasteiger partial charge in [-0.15, -0.1) is 0 Å². The first kappa shape index (κ1) is 10.7. The first-order valence-corrected chi connectivity index (χ1v) is 5.26. The number of carbonyl (C=O) groups excluding carboxylic acids is 2. The molecule has 2 heterocycles. The van der Waals surface area contributed by atoms with Crippen LogP contribution < -0.4 is 0 Å². The molecule has 0 saturated carbocycles. The quantitative estimate of drug-likeness (QED) is 0.693. The van der Waals surface area contributed by atoms with Crippen LogP contribution in [0.4, 0.5) is 0 Å². The largest absolute Gasteiger partial charge is 0.336 e. The van der Waals surface area contributed by atoms with Crippen LogP contribution in [0.5, 0.6) is 0 Å². The van der Waals surface area contributed by atoms with Crippen LogP contribution in [0.3, 0.4) is 0 Å². The van der Waals surface area contributed by atoms with E-state index in [1.165, 1.54) is 6.20 Å². The Balaban J connectivity index is 2.07. The van der Waals surface area contributed by atoms with Crippen LogP contribution >= 0.6 is 0 Å². The van der Waals surface area contributed by atoms with E-state index < -0.39 is 0 Å². The van der Waals surface area contributed by atoms with E-state index in [0.717, 1.165) is 5.69 Å². The second-order valence-electron chi connectivity index (χ2n) is 3.87. The summed E-state index contributed by atoms with van der Waals surface area (Å²) in [4.78, 5) is 32.7. The molecule has 0 aliphatic carbocycles. The Morgan fingerprint density at radius 2 is 1.94 bits per heavy atom. The molecule has 1 saturated heterocycles. The maximum atomic E-state index is 11.9. The molecule has 2 rings (SSSR count). The minimum atomic E-state index is -0.139. The average Bonchev–Trinajstić information content (AvgIpc) is 2.30. The van der Waals surface area contributed by atoms with Crippen molar-refractivity contribution in [3.8, 4) is 0 Å². The number of likely N-dealkylation sites (tertiary alicyclic amines) is 1. The van der Waals surface area contributed by atoms with Crippen LogP contribution in [0.15, 0.2) is 12.4 Å². The zero-order valence-electron chi connectivity index (χ0n) is 9.14. The number of aromatic nitrogens is 2. The lowest BCUT2D eigenvalue weighted by Gasteiger charge is -2.25. The Bertz CT molecular complexity index is 404. The van der Waals surface area contributed by atoms with Crippen molar-refractivity contribution in [2.45, 2.75) is 19.8 Å². The number of aryl methyl sites for hydroxylation is 1. The molecule has 0 atom stereocenters. The molecular weight excluding hydrogens is 206 g/mol. The highest BCUT2D eigenvalue weighted by atomic mass is 16.2. The predicted molar refractivity (Wildman–Crippen MR) is 56.9 cm³/mol. The summed E-state index contributed by atoms with van der Waals surface area (Å²) in [7, 11) is 0. The number of carbonyl (C=O) groups is 2. The molecule has 5 nitrogen and oxygen atoms in total. The average molecular weight is 219 g/mol. The summed E-state index contributed by atoms with van der Waals surface area (Å²) in [5, 5.41) is 0. The molecule has 1 fully saturated rings. The molecule has 5 heteroatoms. The fourth-order valence-corrected chi connectivity index (χ4v) is 1.62. The van der Waals surface area contributed by atoms with Gasteiger partial charge in [0.1, 0.15) is 11.5 Å². The lowest BCUT2D eigenvalue weighted by Crippen LogP contribution is -2.39. The van der Waals surface area contributed by atoms with Gasteiger partial charge in [-0.2, -0.15) is 0 Å². The van der Waals surface area contributed by atoms with Crippen molar-refractivity contribution in [1.82, 2.24) is 14.9 Å². The number of piperidine rings is 1. The van der Waals surface area contributed by atoms with Crippen molar-refractivity contribution in [2.75, 3.05) is 13.1 Å². The third-order valence-electron chi connectivity index (χ3n) is 2.61. The topological polar surface area (TPSA) is 63.2 Å². The minimum absolute atomic E-state index is 0.139. The highest BCUT2D eigenvalue weighted by molar-refractivity contribution is 5.93. The Kier molecular flexibility index (Phi) is 2.94. The summed E-state index contributed by atoms with van der Waals surface area (Å²) in [5.41, 5.74) is 1.13. The minimum Gasteiger partial charge on any atom is -0.336 e. The smallest absolute Gasteiger partial charge is 0.274 e. The van der Waals surface area contributed by atoms with Crippen molar-refractivity contribution >= 4 is 11.7 Å². The third kappa shape index (κ3) is 2.24. The molecule has 0 radical (unpaired) electrons. The maximum absolute atomic E-state index is 11.9. The van der Waals surface area contributed by atoms with Gasteiger partial charge in [-0.1, -0.05) is 0 Å². The van der Waals surface area contributed by atoms with E-state index in [2.05, 4.69) is 9.97 Å². The number of rotatable bonds is 1. The van der Waals surface area contributed by atoms with E-state index in [9.17, 15) is 9.59 Å². The van der Waals surface area contributed by atoms with Crippen molar-refractivity contribution in [3.05, 3.63) is 23.8 Å². The van der Waals surface area contributed by atoms with Gasteiger partial charge in [0.25, 0.3) is 5.91 Å². The number of amides is 1. The Labute approximate surface area is 93.5 Å². The van der Waals surface area contributed by atoms with Crippen LogP contribution in [-0.2, 0) is 4.79 Å². The predicted octanol–water partition coefficient (Wildman–Crippen LogP) is 0.590. The van der Waals surface area contributed by atoms with E-state index in [1.807, 2.05) is 6.92 Å². The Morgan fingerprint density at radius 3 is 2.50 bits per heavy atom. The summed E-state index contributed by atoms with van der Waals surface area (Å²) >= 11 is 0. The van der Waals surface area contributed by atoms with Crippen LogP contribution in [0.2, 0.25) is 0 Å². The zero-order chi connectivity index (χ0) is 11.5. The molecule has 1 amide bonds. The van der Waals surface area contributed by atoms with Gasteiger partial charge < -0.3 is 4.90 Å². The monoisotopic (exact) mass is 219 g/mol. The molecule has 0 unspecified atom stereocenters. The Hall–Kier alpha value is -1.78. The Morgan fingerprint density at radius 1 is 1.25 bits per heavy atom. The van der Waals surface area contributed by atoms with Gasteiger partial charge in [0.2, 0.25) is 0 Å². The van der Waals surface area contributed by atoms with E-state index in [4.69, 9.17) is 0 Å². The van der Waals surface area contributed by atoms with Gasteiger partial charge in [0.15, 0.2) is 0 Å². The number of nitrogens with zero attached hydrogens (tertiary/aromatic N) is 3. The van der Waals surface area contributed by atoms with E-state index in [1.54, 1.807) is 11.1 Å². The van der Waals surface area contributed by atoms with Gasteiger partial charge in [-0.05, 0) is 6.92 Å². The molecule has 84 valence electrons. The number of Topliss-reactive ketones (excluding diaryl/α,β-unsaturated/α-hetero) is 1. The highest BCUT2D eigenvalue weighted by Gasteiger charge is 2.22. The van der Waals surface area contributed by atoms with Gasteiger partial charge in [-0.25, -0.2) is 4.98 Å². The standard InChI is InChI=1S/C11H13N3O2/c1-8-6-13-10(7-12-8)11(16)14-4-2-9(15)3-5-14/h6-7H,2-5H2,1H3. The second-order valence-corrected chi connectivity index (χ2v) is 3.87. The highest BCUT2D eigenvalue weighted by Crippen LogP contribution is 2.09. The van der Waals surface area contributed by atoms with E-state index in [0.29, 0.717) is 31.6 Å². The summed E-state index contributed by atoms with van der Waals surface area (Å²) in [6.07, 6.45) is 3.95. The first-order valence-electron chi connectivity index (χ1n) is 5.26. The van der Waals surface area contributed by atoms with Crippen molar-refractivity contribution in [3.63, 3.8) is 0 Å². The van der Waals surface area contributed by atoms with Crippen LogP contribution in [0, 0.1) is 6.92 Å². The lowest BCUT2D eigenvalue weighted by molar-refractivity contribution is -0.120. The maximum Gasteiger partial charge on any atom is 0.274 e. The van der Waals surface area contributed by atoms with Crippen LogP contribution in [0.25, 0.3) is 0 Å². The molecule has 1 aliphatic heterocycles. The van der Waals surface area contributed by atoms with Gasteiger partial charge in [0, 0.05) is 32.1 Å². The molecule has 0 N–H and O–H groups in total. The first-order chi connectivity index (χ1) is 7.66. The summed E-state index contributed by atoms with van der Waals surface area (Å²) in [5.74, 6) is 0.0824. The zero-order valence-corrected chi connectivity index (χ0v) is 9.14. The van der Waals surface area contributed by atoms with E-state index in [-0.39, 0.29) is 11.7 Å². The lowest BCUT2D eigenvalue weighted by atomic mass is 10.1. The number of hydrogen-bond donors (Lipinski definition) is 0. The van der Waals surface area contributed by atoms with Crippen molar-refractivity contribution in [1.29, 1.82) is 0 Å². The SMILES string of the molecule is Cc1cnc(C(=O)N2CCC(=O)CC2)cn1. The van der Waals surface area contributed by atoms with Crippen LogP contribution in [0.1, 0.15) is 29.0 Å².